The Morgan fingerprint density at radius 2 is 1.48 bits per heavy atom. The van der Waals surface area contributed by atoms with Gasteiger partial charge < -0.3 is 5.32 Å². The second-order valence-corrected chi connectivity index (χ2v) is 8.93. The molecule has 4 aromatic rings. The van der Waals surface area contributed by atoms with Crippen LogP contribution >= 0.6 is 66.1 Å². The van der Waals surface area contributed by atoms with Crippen LogP contribution in [0.2, 0.25) is 4.47 Å². The first-order chi connectivity index (χ1) is 11.0. The monoisotopic (exact) mass is 489 g/mol. The standard InChI is InChI=1S/C8H7BrN2S.C7H3BrClNS/c1-10-8-11-6-3-2-5(9)4-7(6)12-8;8-4-1-2-5-6(3-4)11-7(9)10-5/h2-4H,1H3,(H,10,11);1-3H. The number of hydrogen-bond acceptors (Lipinski definition) is 5. The summed E-state index contributed by atoms with van der Waals surface area (Å²) in [5.74, 6) is 0. The van der Waals surface area contributed by atoms with Gasteiger partial charge in [0.1, 0.15) is 0 Å². The Kier molecular flexibility index (Phi) is 5.53. The summed E-state index contributed by atoms with van der Waals surface area (Å²) < 4.78 is 5.07. The molecule has 2 heterocycles. The number of fused-ring (bicyclic) bond motifs is 2. The van der Waals surface area contributed by atoms with E-state index in [-0.39, 0.29) is 0 Å². The lowest BCUT2D eigenvalue weighted by molar-refractivity contribution is 1.41. The molecular formula is C15H10Br2ClN3S2. The Balaban J connectivity index is 0.000000136. The van der Waals surface area contributed by atoms with Gasteiger partial charge in [-0.05, 0) is 36.4 Å². The van der Waals surface area contributed by atoms with Gasteiger partial charge in [0.15, 0.2) is 9.60 Å². The molecule has 8 heteroatoms. The lowest BCUT2D eigenvalue weighted by Crippen LogP contribution is -1.83. The van der Waals surface area contributed by atoms with E-state index in [2.05, 4.69) is 53.2 Å². The fourth-order valence-electron chi connectivity index (χ4n) is 1.88. The first-order valence-corrected chi connectivity index (χ1v) is 10.1. The normalized spacial score (nSPS) is 10.6. The topological polar surface area (TPSA) is 37.8 Å². The summed E-state index contributed by atoms with van der Waals surface area (Å²) in [5, 5.41) is 3.99. The number of anilines is 1. The summed E-state index contributed by atoms with van der Waals surface area (Å²) >= 11 is 15.7. The van der Waals surface area contributed by atoms with Crippen molar-refractivity contribution < 1.29 is 0 Å². The van der Waals surface area contributed by atoms with E-state index in [4.69, 9.17) is 11.6 Å². The molecule has 4 rings (SSSR count). The van der Waals surface area contributed by atoms with Crippen molar-refractivity contribution in [3.63, 3.8) is 0 Å². The molecule has 2 aromatic carbocycles. The van der Waals surface area contributed by atoms with Crippen molar-refractivity contribution in [3.05, 3.63) is 49.8 Å². The molecule has 0 aliphatic heterocycles. The highest BCUT2D eigenvalue weighted by molar-refractivity contribution is 9.10. The van der Waals surface area contributed by atoms with Crippen LogP contribution in [0.15, 0.2) is 45.3 Å². The Bertz CT molecular complexity index is 968. The minimum absolute atomic E-state index is 0.595. The predicted octanol–water partition coefficient (Wildman–Crippen LogP) is 6.81. The van der Waals surface area contributed by atoms with Crippen LogP contribution < -0.4 is 5.32 Å². The van der Waals surface area contributed by atoms with Gasteiger partial charge in [0.05, 0.1) is 20.4 Å². The molecule has 2 aromatic heterocycles. The maximum Gasteiger partial charge on any atom is 0.184 e. The maximum absolute atomic E-state index is 5.73. The predicted molar refractivity (Wildman–Crippen MR) is 109 cm³/mol. The molecule has 0 radical (unpaired) electrons. The van der Waals surface area contributed by atoms with Crippen molar-refractivity contribution in [1.82, 2.24) is 9.97 Å². The molecule has 3 nitrogen and oxygen atoms in total. The van der Waals surface area contributed by atoms with Crippen molar-refractivity contribution in [3.8, 4) is 0 Å². The molecule has 23 heavy (non-hydrogen) atoms. The van der Waals surface area contributed by atoms with Gasteiger partial charge in [0, 0.05) is 16.0 Å². The summed E-state index contributed by atoms with van der Waals surface area (Å²) in [6.07, 6.45) is 0. The number of rotatable bonds is 1. The zero-order valence-corrected chi connectivity index (χ0v) is 17.4. The van der Waals surface area contributed by atoms with Crippen molar-refractivity contribution >= 4 is 91.7 Å². The zero-order chi connectivity index (χ0) is 16.4. The smallest absolute Gasteiger partial charge is 0.184 e. The summed E-state index contributed by atoms with van der Waals surface area (Å²) in [6.45, 7) is 0. The highest BCUT2D eigenvalue weighted by Gasteiger charge is 2.01. The SMILES string of the molecule is CNc1nc2ccc(Br)cc2s1.Clc1nc2ccc(Br)cc2s1. The average Bonchev–Trinajstić information content (AvgIpc) is 3.08. The van der Waals surface area contributed by atoms with Gasteiger partial charge in [0.25, 0.3) is 0 Å². The zero-order valence-electron chi connectivity index (χ0n) is 11.8. The van der Waals surface area contributed by atoms with E-state index >= 15 is 0 Å². The minimum Gasteiger partial charge on any atom is -0.365 e. The van der Waals surface area contributed by atoms with Crippen molar-refractivity contribution in [1.29, 1.82) is 0 Å². The number of nitrogens with one attached hydrogen (secondary N) is 1. The van der Waals surface area contributed by atoms with Gasteiger partial charge in [0.2, 0.25) is 0 Å². The summed E-state index contributed by atoms with van der Waals surface area (Å²) in [5.41, 5.74) is 2.01. The van der Waals surface area contributed by atoms with Crippen molar-refractivity contribution in [2.75, 3.05) is 12.4 Å². The third-order valence-electron chi connectivity index (χ3n) is 2.89. The van der Waals surface area contributed by atoms with Crippen LogP contribution in [0.5, 0.6) is 0 Å². The van der Waals surface area contributed by atoms with E-state index in [1.165, 1.54) is 16.0 Å². The van der Waals surface area contributed by atoms with Crippen LogP contribution in [0.25, 0.3) is 20.4 Å². The second kappa shape index (κ2) is 7.44. The largest absolute Gasteiger partial charge is 0.365 e. The van der Waals surface area contributed by atoms with Gasteiger partial charge in [-0.15, -0.1) is 11.3 Å². The Morgan fingerprint density at radius 3 is 2.09 bits per heavy atom. The van der Waals surface area contributed by atoms with Crippen LogP contribution in [0.3, 0.4) is 0 Å². The van der Waals surface area contributed by atoms with E-state index < -0.39 is 0 Å². The molecule has 1 N–H and O–H groups in total. The Labute approximate surface area is 163 Å². The van der Waals surface area contributed by atoms with Crippen LogP contribution in [0.1, 0.15) is 0 Å². The molecule has 0 aliphatic carbocycles. The molecule has 0 saturated carbocycles. The molecule has 0 amide bonds. The number of halogens is 3. The van der Waals surface area contributed by atoms with Gasteiger partial charge in [-0.3, -0.25) is 0 Å². The van der Waals surface area contributed by atoms with Gasteiger partial charge in [-0.1, -0.05) is 54.8 Å². The molecule has 0 unspecified atom stereocenters. The fraction of sp³-hybridized carbons (Fsp3) is 0.0667. The molecule has 0 fully saturated rings. The number of hydrogen-bond donors (Lipinski definition) is 1. The second-order valence-electron chi connectivity index (χ2n) is 4.46. The first kappa shape index (κ1) is 17.1. The van der Waals surface area contributed by atoms with Crippen LogP contribution in [-0.2, 0) is 0 Å². The third kappa shape index (κ3) is 4.22. The Morgan fingerprint density at radius 1 is 0.913 bits per heavy atom. The van der Waals surface area contributed by atoms with E-state index in [1.54, 1.807) is 11.3 Å². The maximum atomic E-state index is 5.73. The Hall–Kier alpha value is -0.730. The molecular weight excluding hydrogens is 482 g/mol. The minimum atomic E-state index is 0.595. The molecule has 0 saturated heterocycles. The van der Waals surface area contributed by atoms with E-state index in [0.717, 1.165) is 29.8 Å². The molecule has 0 bridgehead atoms. The molecule has 0 atom stereocenters. The highest BCUT2D eigenvalue weighted by atomic mass is 79.9. The average molecular weight is 492 g/mol. The number of nitrogens with zero attached hydrogens (tertiary/aromatic N) is 2. The summed E-state index contributed by atoms with van der Waals surface area (Å²) in [6, 6.07) is 12.0. The lowest BCUT2D eigenvalue weighted by Gasteiger charge is -1.86. The van der Waals surface area contributed by atoms with Gasteiger partial charge >= 0.3 is 0 Å². The van der Waals surface area contributed by atoms with Gasteiger partial charge in [-0.25, -0.2) is 9.97 Å². The first-order valence-electron chi connectivity index (χ1n) is 6.50. The van der Waals surface area contributed by atoms with Crippen LogP contribution in [0, 0.1) is 0 Å². The molecule has 118 valence electrons. The highest BCUT2D eigenvalue weighted by Crippen LogP contribution is 2.28. The number of benzene rings is 2. The third-order valence-corrected chi connectivity index (χ3v) is 6.03. The van der Waals surface area contributed by atoms with E-state index in [1.807, 2.05) is 37.4 Å². The van der Waals surface area contributed by atoms with E-state index in [0.29, 0.717) is 4.47 Å². The van der Waals surface area contributed by atoms with Crippen LogP contribution in [-0.4, -0.2) is 17.0 Å². The number of thiazole rings is 2. The van der Waals surface area contributed by atoms with Crippen LogP contribution in [0.4, 0.5) is 5.13 Å². The number of aromatic nitrogens is 2. The van der Waals surface area contributed by atoms with Gasteiger partial charge in [-0.2, -0.15) is 0 Å². The molecule has 0 spiro atoms. The van der Waals surface area contributed by atoms with Crippen molar-refractivity contribution in [2.45, 2.75) is 0 Å². The summed E-state index contributed by atoms with van der Waals surface area (Å²) in [7, 11) is 1.88. The quantitative estimate of drug-likeness (QED) is 0.318. The van der Waals surface area contributed by atoms with E-state index in [9.17, 15) is 0 Å². The van der Waals surface area contributed by atoms with Crippen molar-refractivity contribution in [2.24, 2.45) is 0 Å². The molecule has 0 aliphatic rings. The fourth-order valence-corrected chi connectivity index (χ4v) is 4.83. The lowest BCUT2D eigenvalue weighted by atomic mass is 10.3. The summed E-state index contributed by atoms with van der Waals surface area (Å²) in [4.78, 5) is 8.48.